The van der Waals surface area contributed by atoms with Crippen molar-refractivity contribution in [3.05, 3.63) is 59.4 Å². The van der Waals surface area contributed by atoms with Crippen LogP contribution < -0.4 is 5.73 Å². The molecule has 0 atom stereocenters. The Morgan fingerprint density at radius 2 is 2.00 bits per heavy atom. The maximum Gasteiger partial charge on any atom is 0.0536 e. The molecule has 0 bridgehead atoms. The Morgan fingerprint density at radius 1 is 1.17 bits per heavy atom. The van der Waals surface area contributed by atoms with Crippen LogP contribution in [0.5, 0.6) is 0 Å². The lowest BCUT2D eigenvalue weighted by atomic mass is 10.00. The van der Waals surface area contributed by atoms with Gasteiger partial charge in [-0.1, -0.05) is 30.3 Å². The molecule has 3 rings (SSSR count). The van der Waals surface area contributed by atoms with Crippen molar-refractivity contribution in [1.82, 2.24) is 9.88 Å². The van der Waals surface area contributed by atoms with Crippen LogP contribution in [0, 0.1) is 0 Å². The number of benzene rings is 1. The number of nitrogens with zero attached hydrogens (tertiary/aromatic N) is 2. The molecule has 1 aromatic carbocycles. The summed E-state index contributed by atoms with van der Waals surface area (Å²) in [6.07, 6.45) is 4.73. The van der Waals surface area contributed by atoms with E-state index < -0.39 is 0 Å². The lowest BCUT2D eigenvalue weighted by Crippen LogP contribution is -2.30. The molecule has 0 spiro atoms. The summed E-state index contributed by atoms with van der Waals surface area (Å²) in [6.45, 7) is 3.01. The Kier molecular flexibility index (Phi) is 2.99. The van der Waals surface area contributed by atoms with Gasteiger partial charge < -0.3 is 5.73 Å². The molecule has 0 aliphatic carbocycles. The second-order valence-electron chi connectivity index (χ2n) is 4.81. The third-order valence-electron chi connectivity index (χ3n) is 3.50. The predicted molar refractivity (Wildman–Crippen MR) is 72.9 cm³/mol. The second-order valence-corrected chi connectivity index (χ2v) is 4.81. The smallest absolute Gasteiger partial charge is 0.0536 e. The van der Waals surface area contributed by atoms with Crippen LogP contribution in [-0.4, -0.2) is 16.4 Å². The fraction of sp³-hybridized carbons (Fsp3) is 0.267. The van der Waals surface area contributed by atoms with Gasteiger partial charge >= 0.3 is 0 Å². The molecular formula is C15H17N3. The highest BCUT2D eigenvalue weighted by Gasteiger charge is 2.18. The summed E-state index contributed by atoms with van der Waals surface area (Å²) >= 11 is 0. The van der Waals surface area contributed by atoms with Crippen molar-refractivity contribution in [2.45, 2.75) is 19.5 Å². The largest absolute Gasteiger partial charge is 0.397 e. The van der Waals surface area contributed by atoms with Crippen LogP contribution in [0.15, 0.2) is 42.7 Å². The SMILES string of the molecule is Nc1cncc2c1CCN(Cc1ccccc1)C2. The van der Waals surface area contributed by atoms with Gasteiger partial charge in [0.2, 0.25) is 0 Å². The number of hydrogen-bond donors (Lipinski definition) is 1. The zero-order valence-electron chi connectivity index (χ0n) is 10.3. The number of nitrogen functional groups attached to an aromatic ring is 1. The summed E-state index contributed by atoms with van der Waals surface area (Å²) in [5.74, 6) is 0. The number of fused-ring (bicyclic) bond motifs is 1. The topological polar surface area (TPSA) is 42.1 Å². The third-order valence-corrected chi connectivity index (χ3v) is 3.50. The van der Waals surface area contributed by atoms with E-state index in [0.717, 1.165) is 31.7 Å². The first kappa shape index (κ1) is 11.2. The molecular weight excluding hydrogens is 222 g/mol. The molecule has 2 aromatic rings. The van der Waals surface area contributed by atoms with E-state index in [2.05, 4.69) is 40.2 Å². The average molecular weight is 239 g/mol. The van der Waals surface area contributed by atoms with Crippen LogP contribution in [0.4, 0.5) is 5.69 Å². The molecule has 1 aliphatic rings. The number of rotatable bonds is 2. The van der Waals surface area contributed by atoms with E-state index in [4.69, 9.17) is 5.73 Å². The van der Waals surface area contributed by atoms with E-state index in [-0.39, 0.29) is 0 Å². The summed E-state index contributed by atoms with van der Waals surface area (Å²) in [5.41, 5.74) is 10.7. The van der Waals surface area contributed by atoms with Crippen molar-refractivity contribution in [3.8, 4) is 0 Å². The van der Waals surface area contributed by atoms with E-state index in [0.29, 0.717) is 0 Å². The van der Waals surface area contributed by atoms with Crippen molar-refractivity contribution in [2.24, 2.45) is 0 Å². The van der Waals surface area contributed by atoms with Crippen molar-refractivity contribution in [2.75, 3.05) is 12.3 Å². The molecule has 0 amide bonds. The highest BCUT2D eigenvalue weighted by Crippen LogP contribution is 2.23. The van der Waals surface area contributed by atoms with E-state index in [1.54, 1.807) is 6.20 Å². The van der Waals surface area contributed by atoms with E-state index in [9.17, 15) is 0 Å². The lowest BCUT2D eigenvalue weighted by Gasteiger charge is -2.29. The monoisotopic (exact) mass is 239 g/mol. The van der Waals surface area contributed by atoms with E-state index >= 15 is 0 Å². The summed E-state index contributed by atoms with van der Waals surface area (Å²) < 4.78 is 0. The fourth-order valence-corrected chi connectivity index (χ4v) is 2.56. The molecule has 2 heterocycles. The molecule has 92 valence electrons. The van der Waals surface area contributed by atoms with Crippen molar-refractivity contribution >= 4 is 5.69 Å². The molecule has 2 N–H and O–H groups in total. The summed E-state index contributed by atoms with van der Waals surface area (Å²) in [6, 6.07) is 10.6. The Bertz CT molecular complexity index is 537. The molecule has 18 heavy (non-hydrogen) atoms. The molecule has 0 unspecified atom stereocenters. The maximum atomic E-state index is 5.96. The minimum absolute atomic E-state index is 0.840. The van der Waals surface area contributed by atoms with Crippen molar-refractivity contribution < 1.29 is 0 Å². The van der Waals surface area contributed by atoms with E-state index in [1.165, 1.54) is 16.7 Å². The molecule has 0 radical (unpaired) electrons. The van der Waals surface area contributed by atoms with Gasteiger partial charge in [-0.3, -0.25) is 9.88 Å². The van der Waals surface area contributed by atoms with E-state index in [1.807, 2.05) is 6.20 Å². The Balaban J connectivity index is 1.76. The average Bonchev–Trinajstić information content (AvgIpc) is 2.40. The van der Waals surface area contributed by atoms with Crippen LogP contribution in [0.1, 0.15) is 16.7 Å². The molecule has 0 fully saturated rings. The minimum atomic E-state index is 0.840. The Hall–Kier alpha value is -1.87. The summed E-state index contributed by atoms with van der Waals surface area (Å²) in [7, 11) is 0. The number of anilines is 1. The molecule has 3 nitrogen and oxygen atoms in total. The summed E-state index contributed by atoms with van der Waals surface area (Å²) in [4.78, 5) is 6.63. The molecule has 1 aromatic heterocycles. The normalized spacial score (nSPS) is 15.3. The number of nitrogens with two attached hydrogens (primary N) is 1. The van der Waals surface area contributed by atoms with Crippen LogP contribution in [0.2, 0.25) is 0 Å². The van der Waals surface area contributed by atoms with Gasteiger partial charge in [0.1, 0.15) is 0 Å². The molecule has 3 heteroatoms. The van der Waals surface area contributed by atoms with Gasteiger partial charge in [0.05, 0.1) is 11.9 Å². The molecule has 1 aliphatic heterocycles. The number of pyridine rings is 1. The predicted octanol–water partition coefficient (Wildman–Crippen LogP) is 2.22. The maximum absolute atomic E-state index is 5.96. The third kappa shape index (κ3) is 2.22. The van der Waals surface area contributed by atoms with Gasteiger partial charge in [-0.2, -0.15) is 0 Å². The van der Waals surface area contributed by atoms with Gasteiger partial charge in [-0.25, -0.2) is 0 Å². The van der Waals surface area contributed by atoms with Crippen LogP contribution in [0.25, 0.3) is 0 Å². The lowest BCUT2D eigenvalue weighted by molar-refractivity contribution is 0.245. The first-order chi connectivity index (χ1) is 8.83. The highest BCUT2D eigenvalue weighted by molar-refractivity contribution is 5.49. The zero-order valence-corrected chi connectivity index (χ0v) is 10.3. The Labute approximate surface area is 107 Å². The Morgan fingerprint density at radius 3 is 2.83 bits per heavy atom. The van der Waals surface area contributed by atoms with Crippen LogP contribution in [0.3, 0.4) is 0 Å². The highest BCUT2D eigenvalue weighted by atomic mass is 15.1. The molecule has 0 saturated heterocycles. The number of hydrogen-bond acceptors (Lipinski definition) is 3. The minimum Gasteiger partial charge on any atom is -0.397 e. The quantitative estimate of drug-likeness (QED) is 0.873. The van der Waals surface area contributed by atoms with Gasteiger partial charge in [-0.05, 0) is 23.1 Å². The first-order valence-corrected chi connectivity index (χ1v) is 6.30. The zero-order chi connectivity index (χ0) is 12.4. The van der Waals surface area contributed by atoms with Crippen LogP contribution >= 0.6 is 0 Å². The second kappa shape index (κ2) is 4.78. The summed E-state index contributed by atoms with van der Waals surface area (Å²) in [5, 5.41) is 0. The van der Waals surface area contributed by atoms with Gasteiger partial charge in [0.25, 0.3) is 0 Å². The standard InChI is InChI=1S/C15H17N3/c16-15-9-17-8-13-11-18(7-6-14(13)15)10-12-4-2-1-3-5-12/h1-5,8-9H,6-7,10-11,16H2. The number of aromatic nitrogens is 1. The van der Waals surface area contributed by atoms with Gasteiger partial charge in [-0.15, -0.1) is 0 Å². The fourth-order valence-electron chi connectivity index (χ4n) is 2.56. The first-order valence-electron chi connectivity index (χ1n) is 6.30. The van der Waals surface area contributed by atoms with Crippen LogP contribution in [-0.2, 0) is 19.5 Å². The van der Waals surface area contributed by atoms with Gasteiger partial charge in [0.15, 0.2) is 0 Å². The van der Waals surface area contributed by atoms with Crippen molar-refractivity contribution in [3.63, 3.8) is 0 Å². The van der Waals surface area contributed by atoms with Crippen molar-refractivity contribution in [1.29, 1.82) is 0 Å². The van der Waals surface area contributed by atoms with Gasteiger partial charge in [0, 0.05) is 25.8 Å². The molecule has 0 saturated carbocycles.